The molecule has 4 N–H and O–H groups in total. The minimum atomic E-state index is -0.656. The lowest BCUT2D eigenvalue weighted by atomic mass is 10.1. The number of carbonyl (C=O) groups is 2. The van der Waals surface area contributed by atoms with E-state index in [0.717, 1.165) is 12.0 Å². The number of amides is 2. The van der Waals surface area contributed by atoms with E-state index in [4.69, 9.17) is 5.73 Å². The van der Waals surface area contributed by atoms with Crippen molar-refractivity contribution in [2.45, 2.75) is 6.42 Å². The minimum absolute atomic E-state index is 0.0459. The third-order valence-electron chi connectivity index (χ3n) is 3.53. The van der Waals surface area contributed by atoms with E-state index in [9.17, 15) is 9.59 Å². The van der Waals surface area contributed by atoms with Crippen LogP contribution in [0.15, 0.2) is 48.5 Å². The van der Waals surface area contributed by atoms with Gasteiger partial charge in [0.05, 0.1) is 11.1 Å². The van der Waals surface area contributed by atoms with E-state index in [0.29, 0.717) is 23.1 Å². The SMILES string of the molecule is NC(=O)c1nc2c(C(=O)NCCc3ccccc3)cccc2[nH]1. The summed E-state index contributed by atoms with van der Waals surface area (Å²) in [7, 11) is 0. The van der Waals surface area contributed by atoms with Crippen LogP contribution in [0.5, 0.6) is 0 Å². The Morgan fingerprint density at radius 2 is 1.87 bits per heavy atom. The van der Waals surface area contributed by atoms with Gasteiger partial charge in [-0.15, -0.1) is 0 Å². The molecular formula is C17H16N4O2. The van der Waals surface area contributed by atoms with Gasteiger partial charge in [0.15, 0.2) is 5.82 Å². The summed E-state index contributed by atoms with van der Waals surface area (Å²) in [5.74, 6) is -0.838. The van der Waals surface area contributed by atoms with Crippen molar-refractivity contribution in [3.8, 4) is 0 Å². The molecule has 0 fully saturated rings. The van der Waals surface area contributed by atoms with Crippen molar-refractivity contribution < 1.29 is 9.59 Å². The zero-order chi connectivity index (χ0) is 16.2. The van der Waals surface area contributed by atoms with E-state index < -0.39 is 5.91 Å². The second-order valence-corrected chi connectivity index (χ2v) is 5.14. The first-order chi connectivity index (χ1) is 11.1. The molecule has 6 heteroatoms. The smallest absolute Gasteiger partial charge is 0.284 e. The van der Waals surface area contributed by atoms with Crippen LogP contribution >= 0.6 is 0 Å². The third kappa shape index (κ3) is 3.21. The van der Waals surface area contributed by atoms with Crippen LogP contribution in [0.3, 0.4) is 0 Å². The number of nitrogens with two attached hydrogens (primary N) is 1. The Labute approximate surface area is 132 Å². The first-order valence-electron chi connectivity index (χ1n) is 7.26. The average molecular weight is 308 g/mol. The largest absolute Gasteiger partial charge is 0.363 e. The second-order valence-electron chi connectivity index (χ2n) is 5.14. The lowest BCUT2D eigenvalue weighted by Gasteiger charge is -2.06. The molecule has 2 amide bonds. The van der Waals surface area contributed by atoms with Crippen molar-refractivity contribution >= 4 is 22.8 Å². The molecule has 0 spiro atoms. The van der Waals surface area contributed by atoms with Crippen LogP contribution < -0.4 is 11.1 Å². The van der Waals surface area contributed by atoms with Crippen molar-refractivity contribution in [1.82, 2.24) is 15.3 Å². The number of hydrogen-bond acceptors (Lipinski definition) is 3. The number of nitrogens with zero attached hydrogens (tertiary/aromatic N) is 1. The van der Waals surface area contributed by atoms with Gasteiger partial charge in [0, 0.05) is 6.54 Å². The summed E-state index contributed by atoms with van der Waals surface area (Å²) >= 11 is 0. The summed E-state index contributed by atoms with van der Waals surface area (Å²) < 4.78 is 0. The Morgan fingerprint density at radius 3 is 2.61 bits per heavy atom. The molecule has 0 saturated carbocycles. The molecule has 116 valence electrons. The van der Waals surface area contributed by atoms with Gasteiger partial charge in [-0.25, -0.2) is 4.98 Å². The van der Waals surface area contributed by atoms with Gasteiger partial charge in [-0.1, -0.05) is 36.4 Å². The van der Waals surface area contributed by atoms with Crippen molar-refractivity contribution in [3.05, 3.63) is 65.5 Å². The zero-order valence-corrected chi connectivity index (χ0v) is 12.4. The van der Waals surface area contributed by atoms with Crippen LogP contribution in [-0.4, -0.2) is 28.3 Å². The van der Waals surface area contributed by atoms with Crippen LogP contribution in [0.25, 0.3) is 11.0 Å². The highest BCUT2D eigenvalue weighted by Crippen LogP contribution is 2.16. The molecule has 0 atom stereocenters. The number of carbonyl (C=O) groups excluding carboxylic acids is 2. The fraction of sp³-hybridized carbons (Fsp3) is 0.118. The highest BCUT2D eigenvalue weighted by atomic mass is 16.2. The Hall–Kier alpha value is -3.15. The van der Waals surface area contributed by atoms with E-state index in [2.05, 4.69) is 15.3 Å². The Bertz CT molecular complexity index is 855. The summed E-state index contributed by atoms with van der Waals surface area (Å²) in [4.78, 5) is 30.5. The number of nitrogens with one attached hydrogen (secondary N) is 2. The van der Waals surface area contributed by atoms with E-state index in [1.165, 1.54) is 0 Å². The molecule has 0 bridgehead atoms. The fourth-order valence-electron chi connectivity index (χ4n) is 2.39. The number of benzene rings is 2. The van der Waals surface area contributed by atoms with Crippen LogP contribution in [0, 0.1) is 0 Å². The molecule has 0 unspecified atom stereocenters. The van der Waals surface area contributed by atoms with Crippen LogP contribution in [0.1, 0.15) is 26.5 Å². The lowest BCUT2D eigenvalue weighted by Crippen LogP contribution is -2.26. The number of aromatic nitrogens is 2. The highest BCUT2D eigenvalue weighted by Gasteiger charge is 2.15. The van der Waals surface area contributed by atoms with E-state index in [1.807, 2.05) is 30.3 Å². The molecule has 0 radical (unpaired) electrons. The molecule has 2 aromatic carbocycles. The summed E-state index contributed by atoms with van der Waals surface area (Å²) in [6.07, 6.45) is 0.746. The topological polar surface area (TPSA) is 101 Å². The van der Waals surface area contributed by atoms with Crippen LogP contribution in [-0.2, 0) is 6.42 Å². The molecule has 0 aliphatic heterocycles. The molecule has 3 rings (SSSR count). The Balaban J connectivity index is 1.74. The van der Waals surface area contributed by atoms with Gasteiger partial charge < -0.3 is 16.0 Å². The van der Waals surface area contributed by atoms with Gasteiger partial charge in [-0.3, -0.25) is 9.59 Å². The highest BCUT2D eigenvalue weighted by molar-refractivity contribution is 6.06. The maximum atomic E-state index is 12.3. The average Bonchev–Trinajstić information content (AvgIpc) is 3.00. The Morgan fingerprint density at radius 1 is 1.09 bits per heavy atom. The number of imidazole rings is 1. The number of fused-ring (bicyclic) bond motifs is 1. The van der Waals surface area contributed by atoms with Crippen LogP contribution in [0.4, 0.5) is 0 Å². The standard InChI is InChI=1S/C17H16N4O2/c18-15(22)16-20-13-8-4-7-12(14(13)21-16)17(23)19-10-9-11-5-2-1-3-6-11/h1-8H,9-10H2,(H2,18,22)(H,19,23)(H,20,21). The zero-order valence-electron chi connectivity index (χ0n) is 12.4. The Kier molecular flexibility index (Phi) is 4.05. The van der Waals surface area contributed by atoms with Gasteiger partial charge in [0.1, 0.15) is 5.52 Å². The number of aromatic amines is 1. The molecule has 1 heterocycles. The molecule has 0 aliphatic rings. The number of hydrogen-bond donors (Lipinski definition) is 3. The van der Waals surface area contributed by atoms with Gasteiger partial charge in [-0.05, 0) is 24.1 Å². The van der Waals surface area contributed by atoms with E-state index >= 15 is 0 Å². The molecular weight excluding hydrogens is 292 g/mol. The maximum absolute atomic E-state index is 12.3. The summed E-state index contributed by atoms with van der Waals surface area (Å²) in [5, 5.41) is 2.87. The van der Waals surface area contributed by atoms with Crippen molar-refractivity contribution in [3.63, 3.8) is 0 Å². The minimum Gasteiger partial charge on any atom is -0.363 e. The fourth-order valence-corrected chi connectivity index (χ4v) is 2.39. The molecule has 0 saturated heterocycles. The molecule has 0 aliphatic carbocycles. The van der Waals surface area contributed by atoms with Gasteiger partial charge in [0.2, 0.25) is 0 Å². The predicted molar refractivity (Wildman–Crippen MR) is 87.1 cm³/mol. The molecule has 3 aromatic rings. The number of para-hydroxylation sites is 1. The first-order valence-corrected chi connectivity index (χ1v) is 7.26. The second kappa shape index (κ2) is 6.31. The van der Waals surface area contributed by atoms with Crippen molar-refractivity contribution in [2.24, 2.45) is 5.73 Å². The van der Waals surface area contributed by atoms with Gasteiger partial charge in [-0.2, -0.15) is 0 Å². The van der Waals surface area contributed by atoms with E-state index in [1.54, 1.807) is 18.2 Å². The summed E-state index contributed by atoms with van der Waals surface area (Å²) in [5.41, 5.74) is 7.83. The first kappa shape index (κ1) is 14.8. The monoisotopic (exact) mass is 308 g/mol. The summed E-state index contributed by atoms with van der Waals surface area (Å²) in [6, 6.07) is 15.1. The van der Waals surface area contributed by atoms with E-state index in [-0.39, 0.29) is 11.7 Å². The quantitative estimate of drug-likeness (QED) is 0.667. The third-order valence-corrected chi connectivity index (χ3v) is 3.53. The maximum Gasteiger partial charge on any atom is 0.284 e. The van der Waals surface area contributed by atoms with Crippen molar-refractivity contribution in [1.29, 1.82) is 0 Å². The number of H-pyrrole nitrogens is 1. The molecule has 1 aromatic heterocycles. The number of rotatable bonds is 5. The van der Waals surface area contributed by atoms with Gasteiger partial charge >= 0.3 is 0 Å². The number of primary amides is 1. The lowest BCUT2D eigenvalue weighted by molar-refractivity contribution is 0.0953. The van der Waals surface area contributed by atoms with Crippen LogP contribution in [0.2, 0.25) is 0 Å². The normalized spacial score (nSPS) is 10.6. The van der Waals surface area contributed by atoms with Gasteiger partial charge in [0.25, 0.3) is 11.8 Å². The molecule has 6 nitrogen and oxygen atoms in total. The summed E-state index contributed by atoms with van der Waals surface area (Å²) in [6.45, 7) is 0.520. The predicted octanol–water partition coefficient (Wildman–Crippen LogP) is 1.63. The van der Waals surface area contributed by atoms with Crippen molar-refractivity contribution in [2.75, 3.05) is 6.54 Å². The molecule has 23 heavy (non-hydrogen) atoms.